The van der Waals surface area contributed by atoms with Gasteiger partial charge in [0.2, 0.25) is 5.91 Å². The van der Waals surface area contributed by atoms with E-state index in [0.717, 1.165) is 37.6 Å². The smallest absolute Gasteiger partial charge is 0.275 e. The second-order valence-electron chi connectivity index (χ2n) is 12.5. The number of carbonyl (C=O) groups excluding carboxylic acids is 3. The third kappa shape index (κ3) is 6.75. The van der Waals surface area contributed by atoms with Crippen LogP contribution in [0.5, 0.6) is 0 Å². The van der Waals surface area contributed by atoms with E-state index >= 15 is 8.78 Å². The number of hydrogen-bond donors (Lipinski definition) is 1. The van der Waals surface area contributed by atoms with E-state index in [1.165, 1.54) is 24.2 Å². The predicted octanol–water partition coefficient (Wildman–Crippen LogP) is 6.79. The molecule has 0 bridgehead atoms. The molecule has 3 aliphatic rings. The summed E-state index contributed by atoms with van der Waals surface area (Å²) in [5.74, 6) is -4.42. The summed E-state index contributed by atoms with van der Waals surface area (Å²) in [6.45, 7) is 4.91. The van der Waals surface area contributed by atoms with Crippen molar-refractivity contribution in [2.45, 2.75) is 57.4 Å². The Morgan fingerprint density at radius 2 is 1.50 bits per heavy atom. The number of alkyl halides is 2. The molecule has 0 atom stereocenters. The van der Waals surface area contributed by atoms with Gasteiger partial charge in [0, 0.05) is 66.1 Å². The number of para-hydroxylation sites is 1. The minimum absolute atomic E-state index is 0.178. The lowest BCUT2D eigenvalue weighted by molar-refractivity contribution is -0.127. The summed E-state index contributed by atoms with van der Waals surface area (Å²) in [6, 6.07) is 20.7. The maximum Gasteiger partial charge on any atom is 0.275 e. The number of aryl methyl sites for hydroxylation is 1. The summed E-state index contributed by atoms with van der Waals surface area (Å²) in [6.07, 6.45) is 5.85. The van der Waals surface area contributed by atoms with E-state index < -0.39 is 24.2 Å². The number of nitrogens with one attached hydrogen (secondary N) is 1. The first-order chi connectivity index (χ1) is 22.2. The van der Waals surface area contributed by atoms with Crippen LogP contribution in [0.25, 0.3) is 5.57 Å². The molecule has 46 heavy (non-hydrogen) atoms. The standard InChI is InChI=1S/C37H40F2N4O3/c1-26-9-3-4-10-30(26)35(45)40-28-15-13-27(14-16-28)36(46)43-24-19-37(38,39)32(31-11-5-6-12-33(31)43)25-34(44)42-22-17-29(18-23-42)41-20-7-2-8-21-41/h3-6,9-16,25,29H,2,7-8,17-24H2,1H3,(H,40,45)/b32-25-. The van der Waals surface area contributed by atoms with Gasteiger partial charge in [-0.1, -0.05) is 42.8 Å². The van der Waals surface area contributed by atoms with Crippen molar-refractivity contribution in [1.29, 1.82) is 0 Å². The van der Waals surface area contributed by atoms with E-state index in [-0.39, 0.29) is 23.6 Å². The highest BCUT2D eigenvalue weighted by Gasteiger charge is 2.42. The number of carbonyl (C=O) groups is 3. The average molecular weight is 627 g/mol. The number of hydrogen-bond acceptors (Lipinski definition) is 4. The minimum Gasteiger partial charge on any atom is -0.339 e. The molecule has 3 aliphatic heterocycles. The Labute approximate surface area is 268 Å². The maximum absolute atomic E-state index is 15.8. The average Bonchev–Trinajstić information content (AvgIpc) is 3.18. The van der Waals surface area contributed by atoms with Crippen LogP contribution in [0.15, 0.2) is 78.9 Å². The number of allylic oxidation sites excluding steroid dienone is 1. The van der Waals surface area contributed by atoms with Crippen molar-refractivity contribution in [1.82, 2.24) is 9.80 Å². The van der Waals surface area contributed by atoms with Crippen LogP contribution in [-0.2, 0) is 4.79 Å². The largest absolute Gasteiger partial charge is 0.339 e. The Balaban J connectivity index is 1.19. The second kappa shape index (κ2) is 13.5. The Bertz CT molecular complexity index is 1620. The number of halogens is 2. The topological polar surface area (TPSA) is 73.0 Å². The summed E-state index contributed by atoms with van der Waals surface area (Å²) >= 11 is 0. The molecule has 0 radical (unpaired) electrons. The van der Waals surface area contributed by atoms with Crippen LogP contribution in [0, 0.1) is 6.92 Å². The highest BCUT2D eigenvalue weighted by Crippen LogP contribution is 2.43. The summed E-state index contributed by atoms with van der Waals surface area (Å²) in [5.41, 5.74) is 2.37. The first kappa shape index (κ1) is 31.6. The van der Waals surface area contributed by atoms with Crippen molar-refractivity contribution in [3.05, 3.63) is 101 Å². The van der Waals surface area contributed by atoms with Gasteiger partial charge >= 0.3 is 0 Å². The monoisotopic (exact) mass is 626 g/mol. The number of benzene rings is 3. The molecule has 3 heterocycles. The molecule has 1 N–H and O–H groups in total. The molecular formula is C37H40F2N4O3. The van der Waals surface area contributed by atoms with Crippen molar-refractivity contribution in [3.8, 4) is 0 Å². The number of piperidine rings is 2. The van der Waals surface area contributed by atoms with Crippen LogP contribution >= 0.6 is 0 Å². The first-order valence-corrected chi connectivity index (χ1v) is 16.2. The first-order valence-electron chi connectivity index (χ1n) is 16.2. The van der Waals surface area contributed by atoms with Crippen molar-refractivity contribution in [2.75, 3.05) is 42.9 Å². The Morgan fingerprint density at radius 3 is 2.22 bits per heavy atom. The maximum atomic E-state index is 15.8. The van der Waals surface area contributed by atoms with Crippen molar-refractivity contribution in [3.63, 3.8) is 0 Å². The summed E-state index contributed by atoms with van der Waals surface area (Å²) in [7, 11) is 0. The zero-order valence-electron chi connectivity index (χ0n) is 26.2. The molecule has 0 saturated carbocycles. The van der Waals surface area contributed by atoms with Crippen LogP contribution in [0.2, 0.25) is 0 Å². The zero-order chi connectivity index (χ0) is 32.3. The molecule has 0 unspecified atom stereocenters. The number of fused-ring (bicyclic) bond motifs is 1. The number of likely N-dealkylation sites (tertiary alicyclic amines) is 2. The van der Waals surface area contributed by atoms with Gasteiger partial charge in [-0.05, 0) is 87.7 Å². The van der Waals surface area contributed by atoms with Gasteiger partial charge in [0.25, 0.3) is 17.7 Å². The lowest BCUT2D eigenvalue weighted by Gasteiger charge is -2.40. The Hall–Kier alpha value is -4.37. The number of anilines is 2. The number of amides is 3. The van der Waals surface area contributed by atoms with Crippen LogP contribution in [0.1, 0.15) is 70.4 Å². The highest BCUT2D eigenvalue weighted by atomic mass is 19.3. The third-order valence-electron chi connectivity index (χ3n) is 9.50. The Kier molecular flexibility index (Phi) is 9.31. The van der Waals surface area contributed by atoms with Gasteiger partial charge in [0.1, 0.15) is 0 Å². The number of nitrogens with zero attached hydrogens (tertiary/aromatic N) is 3. The molecule has 0 aliphatic carbocycles. The molecule has 2 fully saturated rings. The molecule has 3 amide bonds. The molecule has 0 spiro atoms. The lowest BCUT2D eigenvalue weighted by Crippen LogP contribution is -2.48. The van der Waals surface area contributed by atoms with Gasteiger partial charge in [-0.3, -0.25) is 14.4 Å². The molecule has 3 aromatic rings. The van der Waals surface area contributed by atoms with Gasteiger partial charge in [0.15, 0.2) is 0 Å². The van der Waals surface area contributed by atoms with Crippen LogP contribution in [0.4, 0.5) is 20.2 Å². The summed E-state index contributed by atoms with van der Waals surface area (Å²) in [4.78, 5) is 45.5. The fraction of sp³-hybridized carbons (Fsp3) is 0.378. The summed E-state index contributed by atoms with van der Waals surface area (Å²) < 4.78 is 31.6. The quantitative estimate of drug-likeness (QED) is 0.317. The van der Waals surface area contributed by atoms with E-state index in [4.69, 9.17) is 0 Å². The minimum atomic E-state index is -3.31. The lowest BCUT2D eigenvalue weighted by atomic mass is 9.96. The van der Waals surface area contributed by atoms with Crippen molar-refractivity contribution >= 4 is 34.7 Å². The van der Waals surface area contributed by atoms with Gasteiger partial charge in [-0.25, -0.2) is 8.78 Å². The Morgan fingerprint density at radius 1 is 0.826 bits per heavy atom. The van der Waals surface area contributed by atoms with Crippen molar-refractivity contribution < 1.29 is 23.2 Å². The molecule has 7 nitrogen and oxygen atoms in total. The highest BCUT2D eigenvalue weighted by molar-refractivity contribution is 6.10. The SMILES string of the molecule is Cc1ccccc1C(=O)Nc1ccc(C(=O)N2CCC(F)(F)/C(=C\C(=O)N3CCC(N4CCCCC4)CC3)c3ccccc32)cc1. The third-order valence-corrected chi connectivity index (χ3v) is 9.50. The molecule has 0 aromatic heterocycles. The van der Waals surface area contributed by atoms with Gasteiger partial charge < -0.3 is 20.0 Å². The molecular weight excluding hydrogens is 586 g/mol. The molecule has 2 saturated heterocycles. The fourth-order valence-corrected chi connectivity index (χ4v) is 6.86. The normalized spacial score (nSPS) is 19.8. The molecule has 6 rings (SSSR count). The van der Waals surface area contributed by atoms with E-state index in [1.807, 2.05) is 19.1 Å². The van der Waals surface area contributed by atoms with Crippen molar-refractivity contribution in [2.24, 2.45) is 0 Å². The van der Waals surface area contributed by atoms with E-state index in [2.05, 4.69) is 10.2 Å². The van der Waals surface area contributed by atoms with Crippen LogP contribution in [-0.4, -0.2) is 72.2 Å². The van der Waals surface area contributed by atoms with E-state index in [0.29, 0.717) is 41.6 Å². The summed E-state index contributed by atoms with van der Waals surface area (Å²) in [5, 5.41) is 2.84. The van der Waals surface area contributed by atoms with Crippen LogP contribution < -0.4 is 10.2 Å². The van der Waals surface area contributed by atoms with Gasteiger partial charge in [-0.15, -0.1) is 0 Å². The molecule has 9 heteroatoms. The van der Waals surface area contributed by atoms with Gasteiger partial charge in [0.05, 0.1) is 5.69 Å². The molecule has 3 aromatic carbocycles. The molecule has 240 valence electrons. The van der Waals surface area contributed by atoms with Gasteiger partial charge in [-0.2, -0.15) is 0 Å². The van der Waals surface area contributed by atoms with E-state index in [9.17, 15) is 14.4 Å². The fourth-order valence-electron chi connectivity index (χ4n) is 6.86. The number of rotatable bonds is 5. The van der Waals surface area contributed by atoms with E-state index in [1.54, 1.807) is 65.6 Å². The second-order valence-corrected chi connectivity index (χ2v) is 12.5. The van der Waals surface area contributed by atoms with Crippen LogP contribution in [0.3, 0.4) is 0 Å². The zero-order valence-corrected chi connectivity index (χ0v) is 26.2. The predicted molar refractivity (Wildman–Crippen MR) is 176 cm³/mol.